The van der Waals surface area contributed by atoms with Gasteiger partial charge in [-0.15, -0.1) is 0 Å². The molecule has 1 aromatic heterocycles. The summed E-state index contributed by atoms with van der Waals surface area (Å²) in [6.45, 7) is 4.50. The lowest BCUT2D eigenvalue weighted by Gasteiger charge is -2.33. The van der Waals surface area contributed by atoms with Gasteiger partial charge in [0.2, 0.25) is 0 Å². The molecule has 1 fully saturated rings. The normalized spacial score (nSPS) is 16.9. The molecule has 1 atom stereocenters. The first-order valence-electron chi connectivity index (χ1n) is 10.00. The Kier molecular flexibility index (Phi) is 5.94. The highest BCUT2D eigenvalue weighted by molar-refractivity contribution is 6.31. The van der Waals surface area contributed by atoms with Crippen molar-refractivity contribution in [2.24, 2.45) is 0 Å². The lowest BCUT2D eigenvalue weighted by Crippen LogP contribution is -2.42. The fourth-order valence-electron chi connectivity index (χ4n) is 4.08. The number of nitrogens with one attached hydrogen (secondary N) is 1. The van der Waals surface area contributed by atoms with Crippen LogP contribution in [-0.4, -0.2) is 51.9 Å². The molecule has 0 amide bonds. The highest BCUT2D eigenvalue weighted by Gasteiger charge is 2.25. The minimum Gasteiger partial charge on any atom is -0.491 e. The second kappa shape index (κ2) is 8.61. The van der Waals surface area contributed by atoms with Crippen LogP contribution in [-0.2, 0) is 0 Å². The molecule has 6 nitrogen and oxygen atoms in total. The van der Waals surface area contributed by atoms with Crippen LogP contribution < -0.4 is 10.4 Å². The molecule has 0 aliphatic carbocycles. The molecule has 0 radical (unpaired) electrons. The van der Waals surface area contributed by atoms with Gasteiger partial charge < -0.3 is 19.7 Å². The summed E-state index contributed by atoms with van der Waals surface area (Å²) in [6.07, 6.45) is 1.17. The average molecular weight is 416 g/mol. The molecule has 3 aromatic rings. The van der Waals surface area contributed by atoms with E-state index in [9.17, 15) is 9.90 Å². The number of aryl methyl sites for hydroxylation is 1. The Morgan fingerprint density at radius 2 is 2.00 bits per heavy atom. The minimum atomic E-state index is -0.552. The number of rotatable bonds is 6. The second-order valence-corrected chi connectivity index (χ2v) is 8.16. The number of aliphatic hydroxyl groups is 1. The molecule has 1 unspecified atom stereocenters. The molecule has 154 valence electrons. The Labute approximate surface area is 174 Å². The van der Waals surface area contributed by atoms with Crippen molar-refractivity contribution in [3.8, 4) is 5.75 Å². The Morgan fingerprint density at radius 1 is 1.24 bits per heavy atom. The number of aromatic nitrogens is 2. The molecule has 1 aliphatic rings. The summed E-state index contributed by atoms with van der Waals surface area (Å²) in [5, 5.41) is 11.0. The van der Waals surface area contributed by atoms with Crippen LogP contribution in [0.25, 0.3) is 11.0 Å². The fourth-order valence-corrected chi connectivity index (χ4v) is 4.25. The van der Waals surface area contributed by atoms with Crippen LogP contribution in [0.4, 0.5) is 0 Å². The van der Waals surface area contributed by atoms with E-state index >= 15 is 0 Å². The largest absolute Gasteiger partial charge is 0.491 e. The van der Waals surface area contributed by atoms with Gasteiger partial charge in [-0.1, -0.05) is 29.8 Å². The average Bonchev–Trinajstić information content (AvgIpc) is 3.03. The van der Waals surface area contributed by atoms with E-state index in [2.05, 4.69) is 9.88 Å². The monoisotopic (exact) mass is 415 g/mol. The number of aliphatic hydroxyl groups excluding tert-OH is 1. The number of halogens is 1. The van der Waals surface area contributed by atoms with Gasteiger partial charge in [0.05, 0.1) is 11.0 Å². The van der Waals surface area contributed by atoms with Gasteiger partial charge >= 0.3 is 5.69 Å². The number of imidazole rings is 1. The van der Waals surface area contributed by atoms with E-state index in [1.54, 1.807) is 6.07 Å². The van der Waals surface area contributed by atoms with Crippen LogP contribution >= 0.6 is 11.6 Å². The zero-order chi connectivity index (χ0) is 20.4. The molecule has 0 spiro atoms. The molecule has 1 saturated heterocycles. The highest BCUT2D eigenvalue weighted by Crippen LogP contribution is 2.26. The van der Waals surface area contributed by atoms with Crippen LogP contribution in [0.2, 0.25) is 5.02 Å². The number of hydrogen-bond acceptors (Lipinski definition) is 4. The molecular formula is C22H26ClN3O3. The van der Waals surface area contributed by atoms with Crippen molar-refractivity contribution in [3.63, 3.8) is 0 Å². The SMILES string of the molecule is Cc1ccccc1OCC(O)CN1CCC(n2c(=O)[nH]c3cc(Cl)ccc32)CC1. The molecule has 2 aromatic carbocycles. The summed E-state index contributed by atoms with van der Waals surface area (Å²) in [5.74, 6) is 0.809. The third kappa shape index (κ3) is 4.50. The highest BCUT2D eigenvalue weighted by atomic mass is 35.5. The molecule has 2 N–H and O–H groups in total. The van der Waals surface area contributed by atoms with Crippen molar-refractivity contribution in [3.05, 3.63) is 63.5 Å². The Morgan fingerprint density at radius 3 is 2.76 bits per heavy atom. The lowest BCUT2D eigenvalue weighted by molar-refractivity contribution is 0.0557. The van der Waals surface area contributed by atoms with Gasteiger partial charge in [-0.3, -0.25) is 4.57 Å². The van der Waals surface area contributed by atoms with E-state index in [0.29, 0.717) is 11.6 Å². The number of fused-ring (bicyclic) bond motifs is 1. The maximum atomic E-state index is 12.5. The summed E-state index contributed by atoms with van der Waals surface area (Å²) in [5.41, 5.74) is 2.64. The van der Waals surface area contributed by atoms with E-state index < -0.39 is 6.10 Å². The van der Waals surface area contributed by atoms with E-state index in [1.165, 1.54) is 0 Å². The van der Waals surface area contributed by atoms with Crippen molar-refractivity contribution in [2.75, 3.05) is 26.2 Å². The minimum absolute atomic E-state index is 0.0904. The number of likely N-dealkylation sites (tertiary alicyclic amines) is 1. The summed E-state index contributed by atoms with van der Waals surface area (Å²) >= 11 is 6.04. The maximum absolute atomic E-state index is 12.5. The number of para-hydroxylation sites is 1. The number of hydrogen-bond donors (Lipinski definition) is 2. The topological polar surface area (TPSA) is 70.5 Å². The molecule has 4 rings (SSSR count). The van der Waals surface area contributed by atoms with Gasteiger partial charge in [-0.05, 0) is 49.6 Å². The maximum Gasteiger partial charge on any atom is 0.326 e. The van der Waals surface area contributed by atoms with Gasteiger partial charge in [0.25, 0.3) is 0 Å². The molecule has 1 aliphatic heterocycles. The molecule has 7 heteroatoms. The van der Waals surface area contributed by atoms with Crippen LogP contribution in [0.1, 0.15) is 24.4 Å². The van der Waals surface area contributed by atoms with E-state index in [-0.39, 0.29) is 18.3 Å². The number of H-pyrrole nitrogens is 1. The number of ether oxygens (including phenoxy) is 1. The van der Waals surface area contributed by atoms with Crippen LogP contribution in [0, 0.1) is 6.92 Å². The standard InChI is InChI=1S/C22H26ClN3O3/c1-15-4-2-3-5-21(15)29-14-18(27)13-25-10-8-17(9-11-25)26-20-7-6-16(23)12-19(20)24-22(26)28/h2-7,12,17-18,27H,8-11,13-14H2,1H3,(H,24,28). The molecular weight excluding hydrogens is 390 g/mol. The van der Waals surface area contributed by atoms with Crippen LogP contribution in [0.5, 0.6) is 5.75 Å². The Balaban J connectivity index is 1.32. The zero-order valence-corrected chi connectivity index (χ0v) is 17.2. The third-order valence-corrected chi connectivity index (χ3v) is 5.83. The van der Waals surface area contributed by atoms with Crippen molar-refractivity contribution in [1.29, 1.82) is 0 Å². The van der Waals surface area contributed by atoms with Gasteiger partial charge in [-0.25, -0.2) is 4.79 Å². The summed E-state index contributed by atoms with van der Waals surface area (Å²) in [4.78, 5) is 17.6. The number of β-amino-alcohol motifs (C(OH)–C–C–N with tert-alkyl or cyclic N) is 1. The summed E-state index contributed by atoms with van der Waals surface area (Å²) < 4.78 is 7.60. The van der Waals surface area contributed by atoms with Crippen LogP contribution in [0.15, 0.2) is 47.3 Å². The number of nitrogens with zero attached hydrogens (tertiary/aromatic N) is 2. The summed E-state index contributed by atoms with van der Waals surface area (Å²) in [6, 6.07) is 13.5. The first-order valence-corrected chi connectivity index (χ1v) is 10.4. The molecule has 0 saturated carbocycles. The van der Waals surface area contributed by atoms with Gasteiger partial charge in [0, 0.05) is 30.7 Å². The Hall–Kier alpha value is -2.28. The first-order chi connectivity index (χ1) is 14.0. The molecule has 29 heavy (non-hydrogen) atoms. The number of aromatic amines is 1. The third-order valence-electron chi connectivity index (χ3n) is 5.59. The van der Waals surface area contributed by atoms with E-state index in [1.807, 2.05) is 47.9 Å². The number of piperidine rings is 1. The van der Waals surface area contributed by atoms with Crippen molar-refractivity contribution < 1.29 is 9.84 Å². The number of benzene rings is 2. The van der Waals surface area contributed by atoms with Gasteiger partial charge in [-0.2, -0.15) is 0 Å². The van der Waals surface area contributed by atoms with Crippen LogP contribution in [0.3, 0.4) is 0 Å². The van der Waals surface area contributed by atoms with Gasteiger partial charge in [0.15, 0.2) is 0 Å². The van der Waals surface area contributed by atoms with Crippen molar-refractivity contribution >= 4 is 22.6 Å². The molecule has 2 heterocycles. The Bertz CT molecular complexity index is 1040. The molecule has 0 bridgehead atoms. The van der Waals surface area contributed by atoms with E-state index in [0.717, 1.165) is 48.3 Å². The summed E-state index contributed by atoms with van der Waals surface area (Å²) in [7, 11) is 0. The fraction of sp³-hybridized carbons (Fsp3) is 0.409. The zero-order valence-electron chi connectivity index (χ0n) is 16.5. The van der Waals surface area contributed by atoms with Crippen molar-refractivity contribution in [2.45, 2.75) is 31.9 Å². The lowest BCUT2D eigenvalue weighted by atomic mass is 10.0. The second-order valence-electron chi connectivity index (χ2n) is 7.72. The predicted octanol–water partition coefficient (Wildman–Crippen LogP) is 3.37. The van der Waals surface area contributed by atoms with Gasteiger partial charge in [0.1, 0.15) is 18.5 Å². The van der Waals surface area contributed by atoms with Crippen molar-refractivity contribution in [1.82, 2.24) is 14.5 Å². The predicted molar refractivity (Wildman–Crippen MR) is 115 cm³/mol. The quantitative estimate of drug-likeness (QED) is 0.647. The smallest absolute Gasteiger partial charge is 0.326 e. The van der Waals surface area contributed by atoms with E-state index in [4.69, 9.17) is 16.3 Å². The first kappa shape index (κ1) is 20.0.